The van der Waals surface area contributed by atoms with Gasteiger partial charge in [-0.1, -0.05) is 6.07 Å². The molecule has 18 heavy (non-hydrogen) atoms. The van der Waals surface area contributed by atoms with Crippen LogP contribution in [0.2, 0.25) is 0 Å². The molecule has 1 atom stereocenters. The van der Waals surface area contributed by atoms with Crippen LogP contribution >= 0.6 is 0 Å². The molecule has 1 N–H and O–H groups in total. The van der Waals surface area contributed by atoms with Crippen LogP contribution in [0.1, 0.15) is 30.4 Å². The summed E-state index contributed by atoms with van der Waals surface area (Å²) in [5, 5.41) is 11.9. The summed E-state index contributed by atoms with van der Waals surface area (Å²) in [4.78, 5) is 0. The summed E-state index contributed by atoms with van der Waals surface area (Å²) in [6.45, 7) is 2.05. The molecule has 1 aromatic rings. The fourth-order valence-electron chi connectivity index (χ4n) is 2.10. The van der Waals surface area contributed by atoms with Crippen molar-refractivity contribution in [1.82, 2.24) is 5.32 Å². The van der Waals surface area contributed by atoms with Crippen LogP contribution < -0.4 is 5.32 Å². The third-order valence-corrected chi connectivity index (χ3v) is 3.14. The molecule has 0 aromatic heterocycles. The van der Waals surface area contributed by atoms with E-state index < -0.39 is 0 Å². The maximum Gasteiger partial charge on any atom is 0.129 e. The Bertz CT molecular complexity index is 436. The molecule has 4 heteroatoms. The average molecular weight is 248 g/mol. The zero-order valence-electron chi connectivity index (χ0n) is 10.3. The zero-order chi connectivity index (χ0) is 12.8. The lowest BCUT2D eigenvalue weighted by atomic mass is 10.1. The molecule has 3 nitrogen and oxygen atoms in total. The molecule has 1 saturated heterocycles. The minimum absolute atomic E-state index is 0.250. The molecule has 1 fully saturated rings. The lowest BCUT2D eigenvalue weighted by Crippen LogP contribution is -2.31. The molecule has 0 aliphatic carbocycles. The van der Waals surface area contributed by atoms with Crippen molar-refractivity contribution in [2.75, 3.05) is 13.2 Å². The van der Waals surface area contributed by atoms with Crippen LogP contribution in [0, 0.1) is 17.1 Å². The van der Waals surface area contributed by atoms with E-state index >= 15 is 0 Å². The molecule has 0 spiro atoms. The summed E-state index contributed by atoms with van der Waals surface area (Å²) >= 11 is 0. The predicted octanol–water partition coefficient (Wildman–Crippen LogP) is 2.36. The van der Waals surface area contributed by atoms with Gasteiger partial charge in [-0.15, -0.1) is 0 Å². The van der Waals surface area contributed by atoms with Crippen LogP contribution in [0.3, 0.4) is 0 Å². The van der Waals surface area contributed by atoms with E-state index in [1.54, 1.807) is 12.1 Å². The minimum atomic E-state index is -0.328. The van der Waals surface area contributed by atoms with Crippen LogP contribution in [0.5, 0.6) is 0 Å². The molecule has 1 unspecified atom stereocenters. The van der Waals surface area contributed by atoms with E-state index in [4.69, 9.17) is 10.00 Å². The van der Waals surface area contributed by atoms with Crippen LogP contribution in [0.15, 0.2) is 18.2 Å². The molecule has 96 valence electrons. The summed E-state index contributed by atoms with van der Waals surface area (Å²) in [6.07, 6.45) is 3.67. The molecule has 0 amide bonds. The lowest BCUT2D eigenvalue weighted by Gasteiger charge is -2.22. The average Bonchev–Trinajstić information content (AvgIpc) is 2.42. The number of hydrogen-bond donors (Lipinski definition) is 1. The molecule has 1 heterocycles. The van der Waals surface area contributed by atoms with Crippen molar-refractivity contribution in [3.8, 4) is 6.07 Å². The molecule has 0 saturated carbocycles. The summed E-state index contributed by atoms with van der Waals surface area (Å²) in [7, 11) is 0. The summed E-state index contributed by atoms with van der Waals surface area (Å²) in [6, 6.07) is 6.49. The van der Waals surface area contributed by atoms with E-state index in [1.165, 1.54) is 12.5 Å². The quantitative estimate of drug-likeness (QED) is 0.889. The fraction of sp³-hybridized carbons (Fsp3) is 0.500. The van der Waals surface area contributed by atoms with Crippen molar-refractivity contribution in [3.63, 3.8) is 0 Å². The zero-order valence-corrected chi connectivity index (χ0v) is 10.3. The summed E-state index contributed by atoms with van der Waals surface area (Å²) in [5.41, 5.74) is 0.941. The molecule has 2 rings (SSSR count). The van der Waals surface area contributed by atoms with E-state index in [9.17, 15) is 4.39 Å². The van der Waals surface area contributed by atoms with E-state index in [0.29, 0.717) is 17.7 Å². The first-order valence-corrected chi connectivity index (χ1v) is 6.30. The van der Waals surface area contributed by atoms with Gasteiger partial charge in [-0.05, 0) is 31.4 Å². The second kappa shape index (κ2) is 6.48. The summed E-state index contributed by atoms with van der Waals surface area (Å²) in [5.74, 6) is -0.328. The number of nitrogens with one attached hydrogen (secondary N) is 1. The Labute approximate surface area is 107 Å². The third kappa shape index (κ3) is 3.52. The normalized spacial score (nSPS) is 19.4. The van der Waals surface area contributed by atoms with Crippen LogP contribution in [-0.2, 0) is 11.3 Å². The molecular weight excluding hydrogens is 231 g/mol. The largest absolute Gasteiger partial charge is 0.377 e. The predicted molar refractivity (Wildman–Crippen MR) is 66.4 cm³/mol. The highest BCUT2D eigenvalue weighted by atomic mass is 19.1. The van der Waals surface area contributed by atoms with Gasteiger partial charge in [-0.3, -0.25) is 0 Å². The number of benzene rings is 1. The molecule has 0 bridgehead atoms. The SMILES string of the molecule is N#Cc1ccc(CNCC2CCCCO2)c(F)c1. The van der Waals surface area contributed by atoms with Gasteiger partial charge in [0.15, 0.2) is 0 Å². The highest BCUT2D eigenvalue weighted by Crippen LogP contribution is 2.13. The molecular formula is C14H17FN2O. The first-order chi connectivity index (χ1) is 8.79. The Kier molecular flexibility index (Phi) is 4.68. The maximum atomic E-state index is 13.6. The first-order valence-electron chi connectivity index (χ1n) is 6.30. The van der Waals surface area contributed by atoms with E-state index in [-0.39, 0.29) is 11.9 Å². The van der Waals surface area contributed by atoms with Gasteiger partial charge in [0.25, 0.3) is 0 Å². The number of nitriles is 1. The van der Waals surface area contributed by atoms with Crippen molar-refractivity contribution >= 4 is 0 Å². The van der Waals surface area contributed by atoms with Gasteiger partial charge in [0, 0.05) is 25.3 Å². The smallest absolute Gasteiger partial charge is 0.129 e. The number of nitrogens with zero attached hydrogens (tertiary/aromatic N) is 1. The van der Waals surface area contributed by atoms with Gasteiger partial charge < -0.3 is 10.1 Å². The van der Waals surface area contributed by atoms with E-state index in [0.717, 1.165) is 26.0 Å². The van der Waals surface area contributed by atoms with E-state index in [2.05, 4.69) is 5.32 Å². The Balaban J connectivity index is 1.81. The van der Waals surface area contributed by atoms with Crippen molar-refractivity contribution in [1.29, 1.82) is 5.26 Å². The highest BCUT2D eigenvalue weighted by molar-refractivity contribution is 5.32. The first kappa shape index (κ1) is 13.0. The van der Waals surface area contributed by atoms with Crippen molar-refractivity contribution in [2.24, 2.45) is 0 Å². The Morgan fingerprint density at radius 2 is 2.33 bits per heavy atom. The van der Waals surface area contributed by atoms with Gasteiger partial charge in [0.2, 0.25) is 0 Å². The molecule has 1 aromatic carbocycles. The highest BCUT2D eigenvalue weighted by Gasteiger charge is 2.13. The minimum Gasteiger partial charge on any atom is -0.377 e. The van der Waals surface area contributed by atoms with Gasteiger partial charge in [-0.25, -0.2) is 4.39 Å². The van der Waals surface area contributed by atoms with Crippen LogP contribution in [-0.4, -0.2) is 19.3 Å². The van der Waals surface area contributed by atoms with Crippen LogP contribution in [0.4, 0.5) is 4.39 Å². The Morgan fingerprint density at radius 1 is 1.44 bits per heavy atom. The number of rotatable bonds is 4. The number of hydrogen-bond acceptors (Lipinski definition) is 3. The molecule has 1 aliphatic heterocycles. The van der Waals surface area contributed by atoms with Gasteiger partial charge >= 0.3 is 0 Å². The lowest BCUT2D eigenvalue weighted by molar-refractivity contribution is 0.0167. The third-order valence-electron chi connectivity index (χ3n) is 3.14. The van der Waals surface area contributed by atoms with Crippen molar-refractivity contribution in [2.45, 2.75) is 31.9 Å². The van der Waals surface area contributed by atoms with Gasteiger partial charge in [0.1, 0.15) is 5.82 Å². The molecule has 0 radical (unpaired) electrons. The molecule has 1 aliphatic rings. The standard InChI is InChI=1S/C14H17FN2O/c15-14-7-11(8-16)4-5-12(14)9-17-10-13-3-1-2-6-18-13/h4-5,7,13,17H,1-3,6,9-10H2. The van der Waals surface area contributed by atoms with Gasteiger partial charge in [0.05, 0.1) is 17.7 Å². The Morgan fingerprint density at radius 3 is 3.00 bits per heavy atom. The number of ether oxygens (including phenoxy) is 1. The van der Waals surface area contributed by atoms with Crippen LogP contribution in [0.25, 0.3) is 0 Å². The van der Waals surface area contributed by atoms with Crippen molar-refractivity contribution < 1.29 is 9.13 Å². The second-order valence-corrected chi connectivity index (χ2v) is 4.54. The fourth-order valence-corrected chi connectivity index (χ4v) is 2.10. The van der Waals surface area contributed by atoms with Crippen molar-refractivity contribution in [3.05, 3.63) is 35.1 Å². The van der Waals surface area contributed by atoms with Gasteiger partial charge in [-0.2, -0.15) is 5.26 Å². The second-order valence-electron chi connectivity index (χ2n) is 4.54. The van der Waals surface area contributed by atoms with E-state index in [1.807, 2.05) is 6.07 Å². The monoisotopic (exact) mass is 248 g/mol. The topological polar surface area (TPSA) is 45.0 Å². The number of halogens is 1. The summed E-state index contributed by atoms with van der Waals surface area (Å²) < 4.78 is 19.2. The maximum absolute atomic E-state index is 13.6. The Hall–Kier alpha value is -1.44.